The van der Waals surface area contributed by atoms with Crippen molar-refractivity contribution >= 4 is 10.8 Å². The third-order valence-electron chi connectivity index (χ3n) is 4.00. The standard InChI is InChI=1S/C21H18F3NO2S/c1-2-28(26)20-13-17(12-19(25-20)21(22,23)24)16-9-6-10-18(11-16)27-14-15-7-4-3-5-8-15/h3-13H,2,14H2,1H3. The second-order valence-corrected chi connectivity index (χ2v) is 7.70. The van der Waals surface area contributed by atoms with Crippen LogP contribution in [0.25, 0.3) is 11.1 Å². The van der Waals surface area contributed by atoms with E-state index in [-0.39, 0.29) is 10.8 Å². The summed E-state index contributed by atoms with van der Waals surface area (Å²) in [5, 5.41) is -0.0806. The van der Waals surface area contributed by atoms with Crippen molar-refractivity contribution < 1.29 is 22.1 Å². The van der Waals surface area contributed by atoms with Crippen molar-refractivity contribution in [2.24, 2.45) is 0 Å². The Bertz CT molecular complexity index is 975. The number of rotatable bonds is 6. The Hall–Kier alpha value is -2.67. The van der Waals surface area contributed by atoms with Gasteiger partial charge in [-0.2, -0.15) is 13.2 Å². The second kappa shape index (κ2) is 8.56. The van der Waals surface area contributed by atoms with Gasteiger partial charge in [-0.1, -0.05) is 49.4 Å². The number of halogens is 3. The van der Waals surface area contributed by atoms with E-state index in [4.69, 9.17) is 4.74 Å². The molecular formula is C21H18F3NO2S. The van der Waals surface area contributed by atoms with Crippen LogP contribution in [-0.2, 0) is 23.6 Å². The Labute approximate surface area is 163 Å². The molecule has 0 spiro atoms. The van der Waals surface area contributed by atoms with E-state index >= 15 is 0 Å². The normalized spacial score (nSPS) is 12.6. The minimum atomic E-state index is -4.62. The van der Waals surface area contributed by atoms with Gasteiger partial charge in [0.15, 0.2) is 0 Å². The summed E-state index contributed by atoms with van der Waals surface area (Å²) < 4.78 is 57.5. The molecule has 0 aliphatic heterocycles. The van der Waals surface area contributed by atoms with Crippen molar-refractivity contribution in [3.05, 3.63) is 78.0 Å². The number of ether oxygens (including phenoxy) is 1. The smallest absolute Gasteiger partial charge is 0.433 e. The topological polar surface area (TPSA) is 39.2 Å². The highest BCUT2D eigenvalue weighted by molar-refractivity contribution is 7.84. The van der Waals surface area contributed by atoms with Gasteiger partial charge in [-0.3, -0.25) is 4.21 Å². The molecule has 3 nitrogen and oxygen atoms in total. The molecule has 0 saturated heterocycles. The molecule has 2 aromatic carbocycles. The predicted molar refractivity (Wildman–Crippen MR) is 102 cm³/mol. The summed E-state index contributed by atoms with van der Waals surface area (Å²) in [5.41, 5.74) is 0.756. The van der Waals surface area contributed by atoms with Crippen molar-refractivity contribution in [3.8, 4) is 16.9 Å². The number of hydrogen-bond acceptors (Lipinski definition) is 3. The Morgan fingerprint density at radius 2 is 1.71 bits per heavy atom. The van der Waals surface area contributed by atoms with Crippen molar-refractivity contribution in [2.75, 3.05) is 5.75 Å². The fourth-order valence-corrected chi connectivity index (χ4v) is 3.34. The van der Waals surface area contributed by atoms with Crippen molar-refractivity contribution in [1.29, 1.82) is 0 Å². The van der Waals surface area contributed by atoms with Gasteiger partial charge in [-0.15, -0.1) is 0 Å². The maximum Gasteiger partial charge on any atom is 0.433 e. The van der Waals surface area contributed by atoms with Crippen LogP contribution in [0.5, 0.6) is 5.75 Å². The molecule has 1 atom stereocenters. The summed E-state index contributed by atoms with van der Waals surface area (Å²) in [6.07, 6.45) is -4.62. The van der Waals surface area contributed by atoms with Crippen molar-refractivity contribution in [2.45, 2.75) is 24.7 Å². The highest BCUT2D eigenvalue weighted by Gasteiger charge is 2.33. The zero-order chi connectivity index (χ0) is 20.1. The fraction of sp³-hybridized carbons (Fsp3) is 0.190. The summed E-state index contributed by atoms with van der Waals surface area (Å²) in [5.74, 6) is 0.721. The summed E-state index contributed by atoms with van der Waals surface area (Å²) in [6.45, 7) is 1.98. The molecule has 0 radical (unpaired) electrons. The van der Waals surface area contributed by atoms with Crippen LogP contribution >= 0.6 is 0 Å². The lowest BCUT2D eigenvalue weighted by molar-refractivity contribution is -0.141. The molecule has 1 heterocycles. The number of pyridine rings is 1. The molecule has 0 N–H and O–H groups in total. The maximum atomic E-state index is 13.2. The van der Waals surface area contributed by atoms with Crippen molar-refractivity contribution in [3.63, 3.8) is 0 Å². The molecule has 28 heavy (non-hydrogen) atoms. The summed E-state index contributed by atoms with van der Waals surface area (Å²) in [7, 11) is -1.60. The first kappa shape index (κ1) is 20.1. The van der Waals surface area contributed by atoms with Gasteiger partial charge < -0.3 is 4.74 Å². The van der Waals surface area contributed by atoms with E-state index in [1.807, 2.05) is 30.3 Å². The Morgan fingerprint density at radius 3 is 2.39 bits per heavy atom. The van der Waals surface area contributed by atoms with E-state index in [0.717, 1.165) is 11.6 Å². The van der Waals surface area contributed by atoms with Gasteiger partial charge in [0.2, 0.25) is 0 Å². The zero-order valence-corrected chi connectivity index (χ0v) is 15.9. The van der Waals surface area contributed by atoms with Crippen LogP contribution in [0.15, 0.2) is 71.8 Å². The van der Waals surface area contributed by atoms with Crippen LogP contribution in [-0.4, -0.2) is 14.9 Å². The van der Waals surface area contributed by atoms with E-state index in [1.165, 1.54) is 6.07 Å². The van der Waals surface area contributed by atoms with Crippen LogP contribution in [0.4, 0.5) is 13.2 Å². The molecule has 0 amide bonds. The number of hydrogen-bond donors (Lipinski definition) is 0. The molecular weight excluding hydrogens is 387 g/mol. The second-order valence-electron chi connectivity index (χ2n) is 6.01. The van der Waals surface area contributed by atoms with E-state index in [9.17, 15) is 17.4 Å². The molecule has 146 valence electrons. The highest BCUT2D eigenvalue weighted by atomic mass is 32.2. The molecule has 0 bridgehead atoms. The van der Waals surface area contributed by atoms with Gasteiger partial charge in [-0.25, -0.2) is 4.98 Å². The van der Waals surface area contributed by atoms with Crippen LogP contribution in [0.2, 0.25) is 0 Å². The SMILES string of the molecule is CCS(=O)c1cc(-c2cccc(OCc3ccccc3)c2)cc(C(F)(F)F)n1. The Morgan fingerprint density at radius 1 is 0.964 bits per heavy atom. The third-order valence-corrected chi connectivity index (χ3v) is 5.20. The molecule has 7 heteroatoms. The Kier molecular flexibility index (Phi) is 6.14. The van der Waals surface area contributed by atoms with Gasteiger partial charge in [0, 0.05) is 5.75 Å². The summed E-state index contributed by atoms with van der Waals surface area (Å²) in [4.78, 5) is 3.54. The summed E-state index contributed by atoms with van der Waals surface area (Å²) in [6, 6.07) is 18.8. The van der Waals surface area contributed by atoms with Crippen LogP contribution in [0.3, 0.4) is 0 Å². The molecule has 0 saturated carbocycles. The van der Waals surface area contributed by atoms with Gasteiger partial charge in [0.05, 0.1) is 10.8 Å². The molecule has 3 aromatic rings. The monoisotopic (exact) mass is 405 g/mol. The molecule has 3 rings (SSSR count). The van der Waals surface area contributed by atoms with Gasteiger partial charge in [0.1, 0.15) is 23.1 Å². The fourth-order valence-electron chi connectivity index (χ4n) is 2.59. The van der Waals surface area contributed by atoms with Crippen LogP contribution in [0, 0.1) is 0 Å². The van der Waals surface area contributed by atoms with E-state index in [1.54, 1.807) is 31.2 Å². The van der Waals surface area contributed by atoms with E-state index in [2.05, 4.69) is 4.98 Å². The van der Waals surface area contributed by atoms with Crippen LogP contribution in [0.1, 0.15) is 18.2 Å². The number of benzene rings is 2. The lowest BCUT2D eigenvalue weighted by Crippen LogP contribution is -2.11. The maximum absolute atomic E-state index is 13.2. The van der Waals surface area contributed by atoms with E-state index < -0.39 is 22.7 Å². The lowest BCUT2D eigenvalue weighted by Gasteiger charge is -2.12. The largest absolute Gasteiger partial charge is 0.489 e. The minimum Gasteiger partial charge on any atom is -0.489 e. The quantitative estimate of drug-likeness (QED) is 0.546. The molecule has 0 aliphatic carbocycles. The molecule has 1 aromatic heterocycles. The van der Waals surface area contributed by atoms with Gasteiger partial charge in [0.25, 0.3) is 0 Å². The average molecular weight is 405 g/mol. The minimum absolute atomic E-state index is 0.0806. The van der Waals surface area contributed by atoms with Crippen molar-refractivity contribution in [1.82, 2.24) is 4.98 Å². The van der Waals surface area contributed by atoms with E-state index in [0.29, 0.717) is 23.5 Å². The number of alkyl halides is 3. The first-order chi connectivity index (χ1) is 13.4. The average Bonchev–Trinajstić information content (AvgIpc) is 2.71. The zero-order valence-electron chi connectivity index (χ0n) is 15.1. The Balaban J connectivity index is 1.93. The molecule has 0 fully saturated rings. The summed E-state index contributed by atoms with van der Waals surface area (Å²) >= 11 is 0. The third kappa shape index (κ3) is 4.98. The predicted octanol–water partition coefficient (Wildman–Crippen LogP) is 5.47. The van der Waals surface area contributed by atoms with Crippen LogP contribution < -0.4 is 4.74 Å². The molecule has 1 unspecified atom stereocenters. The first-order valence-electron chi connectivity index (χ1n) is 8.61. The number of nitrogens with zero attached hydrogens (tertiary/aromatic N) is 1. The molecule has 0 aliphatic rings. The first-order valence-corrected chi connectivity index (χ1v) is 9.93. The van der Waals surface area contributed by atoms with Gasteiger partial charge in [-0.05, 0) is 41.0 Å². The highest BCUT2D eigenvalue weighted by Crippen LogP contribution is 2.33. The lowest BCUT2D eigenvalue weighted by atomic mass is 10.1. The number of aromatic nitrogens is 1. The van der Waals surface area contributed by atoms with Gasteiger partial charge >= 0.3 is 6.18 Å².